The molecule has 4 aromatic rings. The Bertz CT molecular complexity index is 1190. The molecule has 27 heavy (non-hydrogen) atoms. The summed E-state index contributed by atoms with van der Waals surface area (Å²) in [6.45, 7) is 2.49. The maximum Gasteiger partial charge on any atom is 0.336 e. The fourth-order valence-corrected chi connectivity index (χ4v) is 2.93. The Hall–Kier alpha value is -3.61. The van der Waals surface area contributed by atoms with E-state index in [1.165, 1.54) is 6.07 Å². The maximum absolute atomic E-state index is 12.3. The molecule has 0 saturated carbocycles. The van der Waals surface area contributed by atoms with Crippen LogP contribution < -0.4 is 15.7 Å². The number of aromatic nitrogens is 2. The second kappa shape index (κ2) is 6.95. The highest BCUT2D eigenvalue weighted by Gasteiger charge is 2.12. The largest absolute Gasteiger partial charge is 0.484 e. The summed E-state index contributed by atoms with van der Waals surface area (Å²) in [7, 11) is 0. The van der Waals surface area contributed by atoms with Gasteiger partial charge >= 0.3 is 5.63 Å². The molecule has 0 aliphatic carbocycles. The van der Waals surface area contributed by atoms with Gasteiger partial charge in [-0.05, 0) is 37.3 Å². The van der Waals surface area contributed by atoms with E-state index < -0.39 is 5.63 Å². The molecule has 2 heterocycles. The molecule has 0 aliphatic rings. The number of aryl methyl sites for hydroxylation is 1. The van der Waals surface area contributed by atoms with Crippen LogP contribution in [0.1, 0.15) is 6.92 Å². The first-order valence-corrected chi connectivity index (χ1v) is 8.56. The minimum absolute atomic E-state index is 0.185. The van der Waals surface area contributed by atoms with Gasteiger partial charge in [-0.1, -0.05) is 12.1 Å². The van der Waals surface area contributed by atoms with Crippen molar-refractivity contribution < 1.29 is 13.9 Å². The van der Waals surface area contributed by atoms with Gasteiger partial charge in [0.2, 0.25) is 5.95 Å². The van der Waals surface area contributed by atoms with Gasteiger partial charge in [0.25, 0.3) is 5.91 Å². The summed E-state index contributed by atoms with van der Waals surface area (Å²) in [5.41, 5.74) is 1.75. The summed E-state index contributed by atoms with van der Waals surface area (Å²) >= 11 is 0. The normalized spacial score (nSPS) is 11.0. The van der Waals surface area contributed by atoms with Crippen LogP contribution in [0.25, 0.3) is 22.0 Å². The Morgan fingerprint density at radius 3 is 2.85 bits per heavy atom. The average molecular weight is 363 g/mol. The minimum atomic E-state index is -0.434. The molecular formula is C20H17N3O4. The highest BCUT2D eigenvalue weighted by molar-refractivity contribution is 5.92. The van der Waals surface area contributed by atoms with E-state index in [2.05, 4.69) is 10.3 Å². The van der Waals surface area contributed by atoms with Crippen molar-refractivity contribution in [2.45, 2.75) is 13.5 Å². The number of nitrogens with one attached hydrogen (secondary N) is 1. The lowest BCUT2D eigenvalue weighted by molar-refractivity contribution is -0.118. The van der Waals surface area contributed by atoms with Crippen LogP contribution in [0.2, 0.25) is 0 Å². The van der Waals surface area contributed by atoms with Crippen LogP contribution in [0.4, 0.5) is 5.95 Å². The second-order valence-electron chi connectivity index (χ2n) is 5.96. The molecule has 1 N–H and O–H groups in total. The minimum Gasteiger partial charge on any atom is -0.484 e. The number of rotatable bonds is 5. The molecule has 7 nitrogen and oxygen atoms in total. The highest BCUT2D eigenvalue weighted by atomic mass is 16.5. The third-order valence-electron chi connectivity index (χ3n) is 4.19. The van der Waals surface area contributed by atoms with Gasteiger partial charge in [-0.3, -0.25) is 10.1 Å². The first-order valence-electron chi connectivity index (χ1n) is 8.56. The Morgan fingerprint density at radius 1 is 1.19 bits per heavy atom. The Morgan fingerprint density at radius 2 is 2.00 bits per heavy atom. The van der Waals surface area contributed by atoms with Crippen LogP contribution >= 0.6 is 0 Å². The van der Waals surface area contributed by atoms with E-state index in [0.717, 1.165) is 16.4 Å². The highest BCUT2D eigenvalue weighted by Crippen LogP contribution is 2.21. The predicted molar refractivity (Wildman–Crippen MR) is 102 cm³/mol. The first kappa shape index (κ1) is 16.8. The predicted octanol–water partition coefficient (Wildman–Crippen LogP) is 3.18. The second-order valence-corrected chi connectivity index (χ2v) is 5.96. The number of fused-ring (bicyclic) bond motifs is 2. The lowest BCUT2D eigenvalue weighted by atomic mass is 10.2. The van der Waals surface area contributed by atoms with E-state index in [-0.39, 0.29) is 12.5 Å². The van der Waals surface area contributed by atoms with E-state index in [1.54, 1.807) is 24.3 Å². The van der Waals surface area contributed by atoms with Crippen molar-refractivity contribution in [1.82, 2.24) is 9.55 Å². The number of hydrogen-bond acceptors (Lipinski definition) is 5. The molecule has 0 unspecified atom stereocenters. The van der Waals surface area contributed by atoms with Gasteiger partial charge in [-0.15, -0.1) is 0 Å². The summed E-state index contributed by atoms with van der Waals surface area (Å²) in [6, 6.07) is 15.8. The van der Waals surface area contributed by atoms with Gasteiger partial charge in [0.15, 0.2) is 6.61 Å². The van der Waals surface area contributed by atoms with Crippen LogP contribution in [0.5, 0.6) is 5.75 Å². The zero-order chi connectivity index (χ0) is 18.8. The molecule has 4 rings (SSSR count). The van der Waals surface area contributed by atoms with E-state index in [4.69, 9.17) is 9.15 Å². The van der Waals surface area contributed by atoms with Gasteiger partial charge in [0.05, 0.1) is 11.0 Å². The van der Waals surface area contributed by atoms with Crippen LogP contribution in [-0.4, -0.2) is 22.1 Å². The zero-order valence-electron chi connectivity index (χ0n) is 14.6. The summed E-state index contributed by atoms with van der Waals surface area (Å²) < 4.78 is 12.6. The number of anilines is 1. The average Bonchev–Trinajstić information content (AvgIpc) is 3.02. The van der Waals surface area contributed by atoms with Gasteiger partial charge in [0, 0.05) is 24.1 Å². The molecule has 0 aliphatic heterocycles. The third kappa shape index (κ3) is 3.39. The van der Waals surface area contributed by atoms with Crippen molar-refractivity contribution in [1.29, 1.82) is 0 Å². The van der Waals surface area contributed by atoms with Crippen molar-refractivity contribution in [2.24, 2.45) is 0 Å². The number of carbonyl (C=O) groups excluding carboxylic acids is 1. The molecule has 0 radical (unpaired) electrons. The summed E-state index contributed by atoms with van der Waals surface area (Å²) in [4.78, 5) is 28.1. The number of nitrogens with zero attached hydrogens (tertiary/aromatic N) is 2. The number of amides is 1. The SMILES string of the molecule is CCn1c(NC(=O)COc2ccc3ccc(=O)oc3c2)nc2ccccc21. The van der Waals surface area contributed by atoms with Gasteiger partial charge < -0.3 is 13.7 Å². The molecule has 7 heteroatoms. The van der Waals surface area contributed by atoms with Crippen LogP contribution in [0.3, 0.4) is 0 Å². The number of para-hydroxylation sites is 2. The summed E-state index contributed by atoms with van der Waals surface area (Å²) in [5, 5.41) is 3.56. The van der Waals surface area contributed by atoms with Crippen molar-refractivity contribution in [3.63, 3.8) is 0 Å². The molecule has 0 bridgehead atoms. The van der Waals surface area contributed by atoms with E-state index in [1.807, 2.05) is 35.8 Å². The van der Waals surface area contributed by atoms with Crippen LogP contribution in [0, 0.1) is 0 Å². The number of benzene rings is 2. The molecule has 0 fully saturated rings. The topological polar surface area (TPSA) is 86.4 Å². The fourth-order valence-electron chi connectivity index (χ4n) is 2.93. The zero-order valence-corrected chi connectivity index (χ0v) is 14.6. The smallest absolute Gasteiger partial charge is 0.336 e. The lowest BCUT2D eigenvalue weighted by Gasteiger charge is -2.09. The molecule has 0 atom stereocenters. The Kier molecular flexibility index (Phi) is 4.33. The fraction of sp³-hybridized carbons (Fsp3) is 0.150. The van der Waals surface area contributed by atoms with E-state index >= 15 is 0 Å². The Labute approximate surface area is 154 Å². The number of carbonyl (C=O) groups is 1. The number of ether oxygens (including phenoxy) is 1. The summed E-state index contributed by atoms with van der Waals surface area (Å²) in [6.07, 6.45) is 0. The van der Waals surface area contributed by atoms with Gasteiger partial charge in [-0.25, -0.2) is 9.78 Å². The van der Waals surface area contributed by atoms with Crippen molar-refractivity contribution in [3.8, 4) is 5.75 Å². The summed E-state index contributed by atoms with van der Waals surface area (Å²) in [5.74, 6) is 0.599. The van der Waals surface area contributed by atoms with Gasteiger partial charge in [-0.2, -0.15) is 0 Å². The van der Waals surface area contributed by atoms with Crippen LogP contribution in [-0.2, 0) is 11.3 Å². The molecule has 2 aromatic heterocycles. The monoisotopic (exact) mass is 363 g/mol. The molecule has 0 spiro atoms. The first-order chi connectivity index (χ1) is 13.1. The molecule has 136 valence electrons. The maximum atomic E-state index is 12.3. The molecule has 0 saturated heterocycles. The van der Waals surface area contributed by atoms with Crippen molar-refractivity contribution >= 4 is 33.9 Å². The van der Waals surface area contributed by atoms with Gasteiger partial charge in [0.1, 0.15) is 11.3 Å². The molecular weight excluding hydrogens is 346 g/mol. The molecule has 1 amide bonds. The molecule has 2 aromatic carbocycles. The number of imidazole rings is 1. The third-order valence-corrected chi connectivity index (χ3v) is 4.19. The van der Waals surface area contributed by atoms with Crippen molar-refractivity contribution in [3.05, 3.63) is 65.0 Å². The van der Waals surface area contributed by atoms with Crippen LogP contribution in [0.15, 0.2) is 63.8 Å². The van der Waals surface area contributed by atoms with Crippen molar-refractivity contribution in [2.75, 3.05) is 11.9 Å². The lowest BCUT2D eigenvalue weighted by Crippen LogP contribution is -2.22. The van der Waals surface area contributed by atoms with E-state index in [9.17, 15) is 9.59 Å². The van der Waals surface area contributed by atoms with E-state index in [0.29, 0.717) is 23.8 Å². The Balaban J connectivity index is 1.48. The quantitative estimate of drug-likeness (QED) is 0.550. The number of hydrogen-bond donors (Lipinski definition) is 1. The standard InChI is InChI=1S/C20H17N3O4/c1-2-23-16-6-4-3-5-15(16)21-20(23)22-18(24)12-26-14-9-7-13-8-10-19(25)27-17(13)11-14/h3-11H,2,12H2,1H3,(H,21,22,24).